The highest BCUT2D eigenvalue weighted by Gasteiger charge is 2.16. The van der Waals surface area contributed by atoms with Crippen LogP contribution in [0.5, 0.6) is 5.75 Å². The van der Waals surface area contributed by atoms with E-state index in [9.17, 15) is 0 Å². The number of hydrogen-bond donors (Lipinski definition) is 1. The molecule has 2 nitrogen and oxygen atoms in total. The van der Waals surface area contributed by atoms with E-state index in [1.165, 1.54) is 31.5 Å². The molecule has 2 aromatic rings. The predicted octanol–water partition coefficient (Wildman–Crippen LogP) is 4.46. The van der Waals surface area contributed by atoms with E-state index in [0.717, 1.165) is 28.7 Å². The molecule has 1 saturated heterocycles. The van der Waals surface area contributed by atoms with Crippen molar-refractivity contribution in [1.82, 2.24) is 5.32 Å². The number of aryl methyl sites for hydroxylation is 1. The van der Waals surface area contributed by atoms with Gasteiger partial charge in [-0.15, -0.1) is 0 Å². The standard InChI is InChI=1S/C19H22ClNO/c20-18-10-8-15(9-11-18)14-22-19-7-2-1-5-17(19)6-3-4-16-12-21-13-16/h1-2,5,7-11,16,21H,3-4,6,12-14H2. The van der Waals surface area contributed by atoms with Gasteiger partial charge in [0.05, 0.1) is 0 Å². The lowest BCUT2D eigenvalue weighted by Gasteiger charge is -2.27. The first-order valence-electron chi connectivity index (χ1n) is 7.97. The summed E-state index contributed by atoms with van der Waals surface area (Å²) in [5.74, 6) is 1.88. The van der Waals surface area contributed by atoms with E-state index >= 15 is 0 Å². The maximum atomic E-state index is 6.01. The largest absolute Gasteiger partial charge is 0.489 e. The summed E-state index contributed by atoms with van der Waals surface area (Å²) in [5, 5.41) is 4.09. The Labute approximate surface area is 137 Å². The molecule has 1 aliphatic heterocycles. The normalized spacial score (nSPS) is 14.6. The second-order valence-electron chi connectivity index (χ2n) is 5.94. The monoisotopic (exact) mass is 315 g/mol. The molecule has 2 aromatic carbocycles. The van der Waals surface area contributed by atoms with Crippen molar-refractivity contribution >= 4 is 11.6 Å². The highest BCUT2D eigenvalue weighted by molar-refractivity contribution is 6.30. The van der Waals surface area contributed by atoms with Gasteiger partial charge in [0.25, 0.3) is 0 Å². The zero-order chi connectivity index (χ0) is 15.2. The van der Waals surface area contributed by atoms with Gasteiger partial charge in [0.15, 0.2) is 0 Å². The summed E-state index contributed by atoms with van der Waals surface area (Å²) >= 11 is 5.91. The Morgan fingerprint density at radius 1 is 1.05 bits per heavy atom. The van der Waals surface area contributed by atoms with Gasteiger partial charge in [0.1, 0.15) is 12.4 Å². The molecular formula is C19H22ClNO. The SMILES string of the molecule is Clc1ccc(COc2ccccc2CCCC2CNC2)cc1. The molecule has 3 heteroatoms. The summed E-state index contributed by atoms with van der Waals surface area (Å²) in [6.07, 6.45) is 3.62. The van der Waals surface area contributed by atoms with Gasteiger partial charge in [-0.2, -0.15) is 0 Å². The van der Waals surface area contributed by atoms with Crippen LogP contribution in [0, 0.1) is 5.92 Å². The van der Waals surface area contributed by atoms with Crippen molar-refractivity contribution in [3.05, 3.63) is 64.7 Å². The van der Waals surface area contributed by atoms with Crippen molar-refractivity contribution in [3.63, 3.8) is 0 Å². The van der Waals surface area contributed by atoms with Crippen molar-refractivity contribution in [2.24, 2.45) is 5.92 Å². The number of halogens is 1. The molecule has 0 aromatic heterocycles. The Bertz CT molecular complexity index is 593. The average Bonchev–Trinajstić information content (AvgIpc) is 2.50. The minimum absolute atomic E-state index is 0.584. The van der Waals surface area contributed by atoms with E-state index in [-0.39, 0.29) is 0 Å². The third kappa shape index (κ3) is 4.25. The number of rotatable bonds is 7. The molecule has 0 radical (unpaired) electrons. The molecule has 1 aliphatic rings. The van der Waals surface area contributed by atoms with Crippen LogP contribution in [-0.2, 0) is 13.0 Å². The van der Waals surface area contributed by atoms with Crippen LogP contribution < -0.4 is 10.1 Å². The predicted molar refractivity (Wildman–Crippen MR) is 91.5 cm³/mol. The van der Waals surface area contributed by atoms with Crippen molar-refractivity contribution in [2.75, 3.05) is 13.1 Å². The summed E-state index contributed by atoms with van der Waals surface area (Å²) in [7, 11) is 0. The second kappa shape index (κ2) is 7.66. The zero-order valence-corrected chi connectivity index (χ0v) is 13.5. The third-order valence-electron chi connectivity index (χ3n) is 4.20. The third-order valence-corrected chi connectivity index (χ3v) is 4.46. The van der Waals surface area contributed by atoms with Gasteiger partial charge < -0.3 is 10.1 Å². The second-order valence-corrected chi connectivity index (χ2v) is 6.38. The number of benzene rings is 2. The molecule has 1 fully saturated rings. The van der Waals surface area contributed by atoms with Crippen molar-refractivity contribution < 1.29 is 4.74 Å². The lowest BCUT2D eigenvalue weighted by Crippen LogP contribution is -2.41. The molecule has 116 valence electrons. The summed E-state index contributed by atoms with van der Waals surface area (Å²) in [5.41, 5.74) is 2.45. The molecule has 0 atom stereocenters. The average molecular weight is 316 g/mol. The number of para-hydroxylation sites is 1. The lowest BCUT2D eigenvalue weighted by molar-refractivity contribution is 0.299. The fourth-order valence-electron chi connectivity index (χ4n) is 2.73. The Morgan fingerprint density at radius 2 is 1.82 bits per heavy atom. The van der Waals surface area contributed by atoms with Crippen molar-refractivity contribution in [2.45, 2.75) is 25.9 Å². The topological polar surface area (TPSA) is 21.3 Å². The number of nitrogens with one attached hydrogen (secondary N) is 1. The van der Waals surface area contributed by atoms with Gasteiger partial charge >= 0.3 is 0 Å². The van der Waals surface area contributed by atoms with Gasteiger partial charge in [-0.1, -0.05) is 41.9 Å². The van der Waals surface area contributed by atoms with Crippen molar-refractivity contribution in [3.8, 4) is 5.75 Å². The van der Waals surface area contributed by atoms with E-state index in [1.54, 1.807) is 0 Å². The van der Waals surface area contributed by atoms with Gasteiger partial charge in [-0.25, -0.2) is 0 Å². The maximum Gasteiger partial charge on any atom is 0.122 e. The fourth-order valence-corrected chi connectivity index (χ4v) is 2.85. The van der Waals surface area contributed by atoms with Crippen LogP contribution in [0.15, 0.2) is 48.5 Å². The van der Waals surface area contributed by atoms with E-state index in [1.807, 2.05) is 30.3 Å². The Kier molecular flexibility index (Phi) is 5.36. The summed E-state index contributed by atoms with van der Waals surface area (Å²) in [6, 6.07) is 16.2. The fraction of sp³-hybridized carbons (Fsp3) is 0.368. The Morgan fingerprint density at radius 3 is 2.55 bits per heavy atom. The van der Waals surface area contributed by atoms with Gasteiger partial charge in [-0.05, 0) is 67.6 Å². The molecule has 1 N–H and O–H groups in total. The molecule has 0 amide bonds. The molecular weight excluding hydrogens is 294 g/mol. The van der Waals surface area contributed by atoms with Gasteiger partial charge in [-0.3, -0.25) is 0 Å². The van der Waals surface area contributed by atoms with Crippen LogP contribution in [0.2, 0.25) is 5.02 Å². The first kappa shape index (κ1) is 15.4. The first-order chi connectivity index (χ1) is 10.8. The zero-order valence-electron chi connectivity index (χ0n) is 12.7. The summed E-state index contributed by atoms with van der Waals surface area (Å²) in [4.78, 5) is 0. The maximum absolute atomic E-state index is 6.01. The number of ether oxygens (including phenoxy) is 1. The van der Waals surface area contributed by atoms with Crippen LogP contribution >= 0.6 is 11.6 Å². The molecule has 0 spiro atoms. The van der Waals surface area contributed by atoms with E-state index in [0.29, 0.717) is 6.61 Å². The van der Waals surface area contributed by atoms with Crippen LogP contribution in [-0.4, -0.2) is 13.1 Å². The van der Waals surface area contributed by atoms with Crippen LogP contribution in [0.25, 0.3) is 0 Å². The highest BCUT2D eigenvalue weighted by Crippen LogP contribution is 2.23. The lowest BCUT2D eigenvalue weighted by atomic mass is 9.95. The summed E-state index contributed by atoms with van der Waals surface area (Å²) < 4.78 is 6.01. The van der Waals surface area contributed by atoms with Gasteiger partial charge in [0, 0.05) is 5.02 Å². The summed E-state index contributed by atoms with van der Waals surface area (Å²) in [6.45, 7) is 2.96. The molecule has 0 aliphatic carbocycles. The smallest absolute Gasteiger partial charge is 0.122 e. The minimum Gasteiger partial charge on any atom is -0.489 e. The molecule has 22 heavy (non-hydrogen) atoms. The Hall–Kier alpha value is -1.51. The first-order valence-corrected chi connectivity index (χ1v) is 8.35. The van der Waals surface area contributed by atoms with Crippen molar-refractivity contribution in [1.29, 1.82) is 0 Å². The quantitative estimate of drug-likeness (QED) is 0.814. The molecule has 3 rings (SSSR count). The van der Waals surface area contributed by atoms with Crippen LogP contribution in [0.4, 0.5) is 0 Å². The number of hydrogen-bond acceptors (Lipinski definition) is 2. The van der Waals surface area contributed by atoms with Crippen LogP contribution in [0.3, 0.4) is 0 Å². The Balaban J connectivity index is 1.54. The van der Waals surface area contributed by atoms with E-state index in [2.05, 4.69) is 23.5 Å². The minimum atomic E-state index is 0.584. The highest BCUT2D eigenvalue weighted by atomic mass is 35.5. The molecule has 0 saturated carbocycles. The van der Waals surface area contributed by atoms with E-state index < -0.39 is 0 Å². The molecule has 0 unspecified atom stereocenters. The van der Waals surface area contributed by atoms with E-state index in [4.69, 9.17) is 16.3 Å². The molecule has 0 bridgehead atoms. The van der Waals surface area contributed by atoms with Crippen LogP contribution in [0.1, 0.15) is 24.0 Å². The molecule has 1 heterocycles. The van der Waals surface area contributed by atoms with Gasteiger partial charge in [0.2, 0.25) is 0 Å².